The van der Waals surface area contributed by atoms with Crippen LogP contribution in [0, 0.1) is 5.92 Å². The van der Waals surface area contributed by atoms with Crippen LogP contribution in [0.3, 0.4) is 0 Å². The highest BCUT2D eigenvalue weighted by atomic mass is 35.5. The van der Waals surface area contributed by atoms with E-state index in [1.165, 1.54) is 6.33 Å². The van der Waals surface area contributed by atoms with E-state index in [9.17, 15) is 10.2 Å². The molecule has 1 aliphatic rings. The molecule has 0 radical (unpaired) electrons. The largest absolute Gasteiger partial charge is 0.394 e. The average molecular weight is 284 g/mol. The zero-order valence-electron chi connectivity index (χ0n) is 10.3. The first-order valence-electron chi connectivity index (χ1n) is 6.05. The summed E-state index contributed by atoms with van der Waals surface area (Å²) in [6.45, 7) is 1.73. The highest BCUT2D eigenvalue weighted by molar-refractivity contribution is 6.33. The van der Waals surface area contributed by atoms with Crippen molar-refractivity contribution in [3.8, 4) is 0 Å². The molecule has 19 heavy (non-hydrogen) atoms. The lowest BCUT2D eigenvalue weighted by atomic mass is 10.0. The van der Waals surface area contributed by atoms with Crippen molar-refractivity contribution in [2.75, 3.05) is 6.61 Å². The van der Waals surface area contributed by atoms with Crippen molar-refractivity contribution in [3.63, 3.8) is 0 Å². The van der Waals surface area contributed by atoms with Gasteiger partial charge < -0.3 is 19.5 Å². The molecule has 0 amide bonds. The van der Waals surface area contributed by atoms with Gasteiger partial charge in [-0.25, -0.2) is 9.97 Å². The molecular weight excluding hydrogens is 270 g/mol. The Morgan fingerprint density at radius 1 is 1.47 bits per heavy atom. The third-order valence-electron chi connectivity index (χ3n) is 3.65. The molecule has 7 heteroatoms. The van der Waals surface area contributed by atoms with E-state index in [0.29, 0.717) is 16.2 Å². The second-order valence-electron chi connectivity index (χ2n) is 4.72. The van der Waals surface area contributed by atoms with E-state index < -0.39 is 12.3 Å². The molecule has 102 valence electrons. The number of hydrogen-bond donors (Lipinski definition) is 2. The monoisotopic (exact) mass is 283 g/mol. The number of aliphatic hydroxyl groups excluding tert-OH is 2. The quantitative estimate of drug-likeness (QED) is 0.803. The summed E-state index contributed by atoms with van der Waals surface area (Å²) in [6, 6.07) is 1.78. The molecule has 2 aromatic heterocycles. The van der Waals surface area contributed by atoms with Crippen molar-refractivity contribution in [2.24, 2.45) is 5.92 Å². The minimum atomic E-state index is -0.707. The number of aromatic nitrogens is 3. The number of halogens is 1. The van der Waals surface area contributed by atoms with Gasteiger partial charge in [-0.1, -0.05) is 18.5 Å². The molecule has 0 aromatic carbocycles. The van der Waals surface area contributed by atoms with Crippen molar-refractivity contribution in [2.45, 2.75) is 25.4 Å². The molecule has 0 spiro atoms. The Balaban J connectivity index is 2.04. The lowest BCUT2D eigenvalue weighted by molar-refractivity contribution is -0.0489. The van der Waals surface area contributed by atoms with Gasteiger partial charge in [0, 0.05) is 12.1 Å². The number of hydrogen-bond acceptors (Lipinski definition) is 5. The summed E-state index contributed by atoms with van der Waals surface area (Å²) in [5.74, 6) is -0.148. The highest BCUT2D eigenvalue weighted by Gasteiger charge is 2.41. The van der Waals surface area contributed by atoms with Crippen molar-refractivity contribution in [1.82, 2.24) is 14.5 Å². The van der Waals surface area contributed by atoms with E-state index in [1.54, 1.807) is 16.8 Å². The maximum absolute atomic E-state index is 10.2. The number of aliphatic hydroxyl groups is 2. The van der Waals surface area contributed by atoms with Gasteiger partial charge in [0.15, 0.2) is 6.23 Å². The van der Waals surface area contributed by atoms with E-state index in [-0.39, 0.29) is 18.6 Å². The zero-order valence-corrected chi connectivity index (χ0v) is 11.0. The average Bonchev–Trinajstić information content (AvgIpc) is 2.94. The molecule has 3 rings (SSSR count). The van der Waals surface area contributed by atoms with E-state index in [1.807, 2.05) is 6.92 Å². The zero-order chi connectivity index (χ0) is 13.6. The van der Waals surface area contributed by atoms with E-state index in [4.69, 9.17) is 16.3 Å². The summed E-state index contributed by atoms with van der Waals surface area (Å²) in [4.78, 5) is 8.08. The van der Waals surface area contributed by atoms with Crippen LogP contribution in [0.1, 0.15) is 13.2 Å². The van der Waals surface area contributed by atoms with Gasteiger partial charge in [-0.2, -0.15) is 0 Å². The molecule has 0 unspecified atom stereocenters. The molecule has 1 saturated heterocycles. The third-order valence-corrected chi connectivity index (χ3v) is 3.95. The number of nitrogens with zero attached hydrogens (tertiary/aromatic N) is 3. The van der Waals surface area contributed by atoms with Crippen molar-refractivity contribution >= 4 is 22.6 Å². The SMILES string of the molecule is C[C@@H]1[C@@H](O)[C@H](n2ccc3c(Cl)ncnc32)O[C@@H]1CO. The molecule has 6 nitrogen and oxygen atoms in total. The normalized spacial score (nSPS) is 31.2. The van der Waals surface area contributed by atoms with Crippen LogP contribution in [-0.4, -0.2) is 43.6 Å². The van der Waals surface area contributed by atoms with Crippen LogP contribution >= 0.6 is 11.6 Å². The molecule has 4 atom stereocenters. The standard InChI is InChI=1S/C12H14ClN3O3/c1-6-8(4-17)19-12(9(6)18)16-3-2-7-10(13)14-5-15-11(7)16/h2-3,5-6,8-9,12,17-18H,4H2,1H3/t6-,8+,9+,12+/m0/s1. The Morgan fingerprint density at radius 3 is 2.95 bits per heavy atom. The highest BCUT2D eigenvalue weighted by Crippen LogP contribution is 2.35. The fraction of sp³-hybridized carbons (Fsp3) is 0.500. The van der Waals surface area contributed by atoms with Gasteiger partial charge in [-0.3, -0.25) is 0 Å². The van der Waals surface area contributed by atoms with Crippen LogP contribution in [0.2, 0.25) is 5.15 Å². The summed E-state index contributed by atoms with van der Waals surface area (Å²) in [5.41, 5.74) is 0.606. The van der Waals surface area contributed by atoms with Crippen molar-refractivity contribution in [3.05, 3.63) is 23.7 Å². The first-order valence-corrected chi connectivity index (χ1v) is 6.42. The predicted molar refractivity (Wildman–Crippen MR) is 68.7 cm³/mol. The smallest absolute Gasteiger partial charge is 0.162 e. The molecule has 2 aromatic rings. The Labute approximate surface area is 114 Å². The topological polar surface area (TPSA) is 80.4 Å². The van der Waals surface area contributed by atoms with Gasteiger partial charge in [0.2, 0.25) is 0 Å². The lowest BCUT2D eigenvalue weighted by Gasteiger charge is -2.17. The Bertz CT molecular complexity index is 603. The summed E-state index contributed by atoms with van der Waals surface area (Å²) in [6.07, 6.45) is 1.47. The molecule has 0 bridgehead atoms. The van der Waals surface area contributed by atoms with E-state index in [2.05, 4.69) is 9.97 Å². The van der Waals surface area contributed by atoms with E-state index >= 15 is 0 Å². The van der Waals surface area contributed by atoms with Crippen LogP contribution in [-0.2, 0) is 4.74 Å². The molecule has 0 saturated carbocycles. The van der Waals surface area contributed by atoms with Gasteiger partial charge in [0.1, 0.15) is 23.2 Å². The second kappa shape index (κ2) is 4.72. The van der Waals surface area contributed by atoms with Crippen LogP contribution in [0.5, 0.6) is 0 Å². The minimum Gasteiger partial charge on any atom is -0.394 e. The first-order chi connectivity index (χ1) is 9.13. The van der Waals surface area contributed by atoms with Gasteiger partial charge in [-0.15, -0.1) is 0 Å². The van der Waals surface area contributed by atoms with Crippen LogP contribution in [0.25, 0.3) is 11.0 Å². The van der Waals surface area contributed by atoms with Gasteiger partial charge in [0.25, 0.3) is 0 Å². The van der Waals surface area contributed by atoms with Crippen LogP contribution in [0.15, 0.2) is 18.6 Å². The molecule has 0 aliphatic carbocycles. The lowest BCUT2D eigenvalue weighted by Crippen LogP contribution is -2.25. The Morgan fingerprint density at radius 2 is 2.26 bits per heavy atom. The fourth-order valence-electron chi connectivity index (χ4n) is 2.45. The van der Waals surface area contributed by atoms with Gasteiger partial charge in [-0.05, 0) is 6.07 Å². The van der Waals surface area contributed by atoms with Crippen molar-refractivity contribution in [1.29, 1.82) is 0 Å². The summed E-state index contributed by atoms with van der Waals surface area (Å²) in [5, 5.41) is 20.5. The maximum Gasteiger partial charge on any atom is 0.162 e. The number of rotatable bonds is 2. The molecule has 1 aliphatic heterocycles. The Kier molecular flexibility index (Phi) is 3.18. The third kappa shape index (κ3) is 1.92. The number of fused-ring (bicyclic) bond motifs is 1. The second-order valence-corrected chi connectivity index (χ2v) is 5.08. The molecule has 1 fully saturated rings. The van der Waals surface area contributed by atoms with Gasteiger partial charge in [0.05, 0.1) is 18.1 Å². The Hall–Kier alpha value is -1.21. The van der Waals surface area contributed by atoms with Crippen molar-refractivity contribution < 1.29 is 14.9 Å². The molecular formula is C12H14ClN3O3. The number of ether oxygens (including phenoxy) is 1. The fourth-order valence-corrected chi connectivity index (χ4v) is 2.64. The van der Waals surface area contributed by atoms with Crippen LogP contribution in [0.4, 0.5) is 0 Å². The van der Waals surface area contributed by atoms with E-state index in [0.717, 1.165) is 0 Å². The summed E-state index contributed by atoms with van der Waals surface area (Å²) in [7, 11) is 0. The van der Waals surface area contributed by atoms with Crippen LogP contribution < -0.4 is 0 Å². The summed E-state index contributed by atoms with van der Waals surface area (Å²) < 4.78 is 7.41. The first kappa shape index (κ1) is 12.8. The maximum atomic E-state index is 10.2. The minimum absolute atomic E-state index is 0.121. The predicted octanol–water partition coefficient (Wildman–Crippen LogP) is 0.971. The summed E-state index contributed by atoms with van der Waals surface area (Å²) >= 11 is 5.99. The molecule has 2 N–H and O–H groups in total. The molecule has 3 heterocycles. The van der Waals surface area contributed by atoms with Gasteiger partial charge >= 0.3 is 0 Å².